The van der Waals surface area contributed by atoms with E-state index in [1.54, 1.807) is 36.6 Å². The first-order valence-corrected chi connectivity index (χ1v) is 10.3. The lowest BCUT2D eigenvalue weighted by atomic mass is 10.2. The summed E-state index contributed by atoms with van der Waals surface area (Å²) in [5.74, 6) is 1.42. The van der Waals surface area contributed by atoms with Crippen molar-refractivity contribution in [3.63, 3.8) is 0 Å². The smallest absolute Gasteiger partial charge is 0.162 e. The Balaban J connectivity index is 1.47. The standard InChI is InChI=1S/C23H17FN4O2S/c1-29-19-11-18-16(23(26-13-25-18)27-15-8-6-14(24)7-9-15)10-20(19)30-12-22-28-17-4-2-3-5-21(17)31-22/h2-11,13H,12H2,1H3,(H,25,26,27). The maximum absolute atomic E-state index is 13.2. The number of hydrogen-bond acceptors (Lipinski definition) is 7. The quantitative estimate of drug-likeness (QED) is 0.371. The molecule has 2 heterocycles. The molecule has 1 N–H and O–H groups in total. The highest BCUT2D eigenvalue weighted by atomic mass is 32.1. The number of aromatic nitrogens is 3. The second kappa shape index (κ2) is 8.16. The molecule has 5 aromatic rings. The number of hydrogen-bond donors (Lipinski definition) is 1. The van der Waals surface area contributed by atoms with Crippen LogP contribution in [-0.2, 0) is 6.61 Å². The van der Waals surface area contributed by atoms with Crippen LogP contribution >= 0.6 is 11.3 Å². The van der Waals surface area contributed by atoms with E-state index in [4.69, 9.17) is 9.47 Å². The topological polar surface area (TPSA) is 69.2 Å². The number of nitrogens with one attached hydrogen (secondary N) is 1. The van der Waals surface area contributed by atoms with Gasteiger partial charge in [0, 0.05) is 17.1 Å². The normalized spacial score (nSPS) is 11.0. The molecule has 6 nitrogen and oxygen atoms in total. The van der Waals surface area contributed by atoms with Crippen molar-refractivity contribution >= 4 is 44.0 Å². The zero-order valence-corrected chi connectivity index (χ0v) is 17.3. The van der Waals surface area contributed by atoms with Crippen molar-refractivity contribution in [2.24, 2.45) is 0 Å². The third-order valence-electron chi connectivity index (χ3n) is 4.72. The molecule has 0 amide bonds. The summed E-state index contributed by atoms with van der Waals surface area (Å²) in [5.41, 5.74) is 2.37. The minimum absolute atomic E-state index is 0.298. The van der Waals surface area contributed by atoms with Crippen molar-refractivity contribution in [3.05, 3.63) is 77.8 Å². The van der Waals surface area contributed by atoms with Gasteiger partial charge in [0.15, 0.2) is 11.5 Å². The Bertz CT molecular complexity index is 1340. The van der Waals surface area contributed by atoms with Gasteiger partial charge in [-0.25, -0.2) is 19.3 Å². The maximum Gasteiger partial charge on any atom is 0.162 e. The minimum Gasteiger partial charge on any atom is -0.493 e. The average molecular weight is 432 g/mol. The van der Waals surface area contributed by atoms with E-state index >= 15 is 0 Å². The lowest BCUT2D eigenvalue weighted by Gasteiger charge is -2.13. The van der Waals surface area contributed by atoms with E-state index < -0.39 is 0 Å². The van der Waals surface area contributed by atoms with Crippen LogP contribution in [0.4, 0.5) is 15.9 Å². The lowest BCUT2D eigenvalue weighted by molar-refractivity contribution is 0.285. The molecule has 8 heteroatoms. The van der Waals surface area contributed by atoms with Gasteiger partial charge < -0.3 is 14.8 Å². The highest BCUT2D eigenvalue weighted by Crippen LogP contribution is 2.35. The van der Waals surface area contributed by atoms with Crippen molar-refractivity contribution in [1.29, 1.82) is 0 Å². The van der Waals surface area contributed by atoms with Crippen LogP contribution in [0.1, 0.15) is 5.01 Å². The van der Waals surface area contributed by atoms with Gasteiger partial charge in [-0.2, -0.15) is 0 Å². The molecule has 154 valence electrons. The Labute approximate surface area is 181 Å². The third kappa shape index (κ3) is 3.97. The van der Waals surface area contributed by atoms with Crippen LogP contribution in [0.15, 0.2) is 67.0 Å². The van der Waals surface area contributed by atoms with E-state index in [2.05, 4.69) is 20.3 Å². The molecule has 0 aliphatic heterocycles. The number of halogens is 1. The molecule has 0 saturated carbocycles. The molecule has 0 radical (unpaired) electrons. The number of para-hydroxylation sites is 1. The molecule has 0 bridgehead atoms. The van der Waals surface area contributed by atoms with E-state index in [1.807, 2.05) is 30.3 Å². The summed E-state index contributed by atoms with van der Waals surface area (Å²) in [5, 5.41) is 4.83. The predicted octanol–water partition coefficient (Wildman–Crippen LogP) is 5.71. The number of ether oxygens (including phenoxy) is 2. The Kier molecular flexibility index (Phi) is 5.05. The van der Waals surface area contributed by atoms with Crippen LogP contribution in [0.5, 0.6) is 11.5 Å². The first-order chi connectivity index (χ1) is 15.2. The molecular weight excluding hydrogens is 415 g/mol. The van der Waals surface area contributed by atoms with E-state index in [9.17, 15) is 4.39 Å². The van der Waals surface area contributed by atoms with Crippen molar-refractivity contribution in [3.8, 4) is 11.5 Å². The fourth-order valence-corrected chi connectivity index (χ4v) is 4.11. The van der Waals surface area contributed by atoms with Gasteiger partial charge in [-0.3, -0.25) is 0 Å². The highest BCUT2D eigenvalue weighted by Gasteiger charge is 2.13. The number of nitrogens with zero attached hydrogens (tertiary/aromatic N) is 3. The first kappa shape index (κ1) is 19.2. The molecule has 0 aliphatic rings. The highest BCUT2D eigenvalue weighted by molar-refractivity contribution is 7.18. The average Bonchev–Trinajstić information content (AvgIpc) is 3.22. The van der Waals surface area contributed by atoms with Gasteiger partial charge in [-0.05, 0) is 42.5 Å². The van der Waals surface area contributed by atoms with Crippen molar-refractivity contribution in [1.82, 2.24) is 15.0 Å². The van der Waals surface area contributed by atoms with Gasteiger partial charge >= 0.3 is 0 Å². The molecular formula is C23H17FN4O2S. The second-order valence-corrected chi connectivity index (χ2v) is 7.85. The molecule has 3 aromatic carbocycles. The second-order valence-electron chi connectivity index (χ2n) is 6.74. The predicted molar refractivity (Wildman–Crippen MR) is 120 cm³/mol. The summed E-state index contributed by atoms with van der Waals surface area (Å²) in [6.07, 6.45) is 1.47. The van der Waals surface area contributed by atoms with Crippen LogP contribution < -0.4 is 14.8 Å². The van der Waals surface area contributed by atoms with Crippen LogP contribution in [0, 0.1) is 5.82 Å². The number of thiazole rings is 1. The summed E-state index contributed by atoms with van der Waals surface area (Å²) in [7, 11) is 1.59. The summed E-state index contributed by atoms with van der Waals surface area (Å²) in [6.45, 7) is 0.315. The minimum atomic E-state index is -0.298. The Hall–Kier alpha value is -3.78. The Morgan fingerprint density at radius 3 is 2.61 bits per heavy atom. The molecule has 0 unspecified atom stereocenters. The SMILES string of the molecule is COc1cc2ncnc(Nc3ccc(F)cc3)c2cc1OCc1nc2ccccc2s1. The van der Waals surface area contributed by atoms with Gasteiger partial charge in [-0.15, -0.1) is 11.3 Å². The maximum atomic E-state index is 13.2. The Morgan fingerprint density at radius 1 is 0.968 bits per heavy atom. The molecule has 0 fully saturated rings. The van der Waals surface area contributed by atoms with Gasteiger partial charge in [-0.1, -0.05) is 12.1 Å². The number of benzene rings is 3. The molecule has 0 atom stereocenters. The van der Waals surface area contributed by atoms with Crippen LogP contribution in [0.3, 0.4) is 0 Å². The van der Waals surface area contributed by atoms with Crippen molar-refractivity contribution < 1.29 is 13.9 Å². The van der Waals surface area contributed by atoms with Crippen LogP contribution in [0.25, 0.3) is 21.1 Å². The van der Waals surface area contributed by atoms with E-state index in [-0.39, 0.29) is 5.82 Å². The van der Waals surface area contributed by atoms with Gasteiger partial charge in [0.25, 0.3) is 0 Å². The molecule has 0 spiro atoms. The fraction of sp³-hybridized carbons (Fsp3) is 0.0870. The van der Waals surface area contributed by atoms with Gasteiger partial charge in [0.1, 0.15) is 29.6 Å². The number of methoxy groups -OCH3 is 1. The molecule has 0 aliphatic carbocycles. The Morgan fingerprint density at radius 2 is 1.81 bits per heavy atom. The van der Waals surface area contributed by atoms with Crippen LogP contribution in [-0.4, -0.2) is 22.1 Å². The first-order valence-electron chi connectivity index (χ1n) is 9.52. The number of fused-ring (bicyclic) bond motifs is 2. The van der Waals surface area contributed by atoms with E-state index in [1.165, 1.54) is 18.5 Å². The summed E-state index contributed by atoms with van der Waals surface area (Å²) in [6, 6.07) is 17.7. The van der Waals surface area contributed by atoms with Gasteiger partial charge in [0.2, 0.25) is 0 Å². The monoisotopic (exact) mass is 432 g/mol. The summed E-state index contributed by atoms with van der Waals surface area (Å²) >= 11 is 1.60. The van der Waals surface area contributed by atoms with Gasteiger partial charge in [0.05, 0.1) is 22.8 Å². The molecule has 5 rings (SSSR count). The van der Waals surface area contributed by atoms with Crippen molar-refractivity contribution in [2.75, 3.05) is 12.4 Å². The van der Waals surface area contributed by atoms with Crippen LogP contribution in [0.2, 0.25) is 0 Å². The zero-order valence-electron chi connectivity index (χ0n) is 16.5. The number of anilines is 2. The largest absolute Gasteiger partial charge is 0.493 e. The zero-order chi connectivity index (χ0) is 21.2. The summed E-state index contributed by atoms with van der Waals surface area (Å²) in [4.78, 5) is 13.3. The van der Waals surface area contributed by atoms with E-state index in [0.717, 1.165) is 20.6 Å². The fourth-order valence-electron chi connectivity index (χ4n) is 3.23. The summed E-state index contributed by atoms with van der Waals surface area (Å²) < 4.78 is 25.9. The van der Waals surface area contributed by atoms with E-state index in [0.29, 0.717) is 35.1 Å². The third-order valence-corrected chi connectivity index (χ3v) is 5.73. The molecule has 0 saturated heterocycles. The molecule has 2 aromatic heterocycles. The lowest BCUT2D eigenvalue weighted by Crippen LogP contribution is -2.00. The number of rotatable bonds is 6. The molecule has 31 heavy (non-hydrogen) atoms. The van der Waals surface area contributed by atoms with Crippen molar-refractivity contribution in [2.45, 2.75) is 6.61 Å².